The van der Waals surface area contributed by atoms with E-state index in [1.165, 1.54) is 12.8 Å². The molecule has 7 fully saturated rings. The average Bonchev–Trinajstić information content (AvgIpc) is 3.91. The van der Waals surface area contributed by atoms with Crippen molar-refractivity contribution in [3.8, 4) is 23.0 Å². The van der Waals surface area contributed by atoms with Gasteiger partial charge in [-0.2, -0.15) is 9.97 Å². The molecule has 1 spiro atoms. The third kappa shape index (κ3) is 7.55. The zero-order valence-electron chi connectivity index (χ0n) is 39.2. The van der Waals surface area contributed by atoms with Crippen LogP contribution in [0, 0.1) is 16.6 Å². The summed E-state index contributed by atoms with van der Waals surface area (Å²) in [4.78, 5) is 63.6. The summed E-state index contributed by atoms with van der Waals surface area (Å²) in [6.45, 7) is 11.8. The molecule has 2 aromatic heterocycles. The zero-order valence-corrected chi connectivity index (χ0v) is 39.2. The van der Waals surface area contributed by atoms with Crippen molar-refractivity contribution >= 4 is 50.9 Å². The predicted octanol–water partition coefficient (Wildman–Crippen LogP) is 5.40. The molecule has 8 aliphatic rings. The van der Waals surface area contributed by atoms with E-state index in [1.54, 1.807) is 23.2 Å². The fourth-order valence-corrected chi connectivity index (χ4v) is 13.0. The number of likely N-dealkylation sites (tertiary alicyclic amines) is 2. The lowest BCUT2D eigenvalue weighted by atomic mass is 9.71. The highest BCUT2D eigenvalue weighted by Crippen LogP contribution is 2.49. The molecule has 9 heterocycles. The molecule has 3 atom stereocenters. The summed E-state index contributed by atoms with van der Waals surface area (Å²) in [7, 11) is 0. The molecule has 2 bridgehead atoms. The van der Waals surface area contributed by atoms with Gasteiger partial charge in [-0.15, -0.1) is 0 Å². The summed E-state index contributed by atoms with van der Waals surface area (Å²) in [6, 6.07) is 16.2. The Morgan fingerprint density at radius 3 is 2.45 bits per heavy atom. The molecule has 3 N–H and O–H groups in total. The van der Waals surface area contributed by atoms with Gasteiger partial charge in [0.05, 0.1) is 12.0 Å². The third-order valence-corrected chi connectivity index (χ3v) is 17.1. The Balaban J connectivity index is 0.646. The molecule has 5 aromatic rings. The number of piperazine rings is 1. The number of aryl methyl sites for hydroxylation is 1. The maximum Gasteiger partial charge on any atom is 0.319 e. The monoisotopic (exact) mass is 934 g/mol. The second-order valence-electron chi connectivity index (χ2n) is 21.7. The van der Waals surface area contributed by atoms with Crippen LogP contribution in [0.2, 0.25) is 0 Å². The van der Waals surface area contributed by atoms with Gasteiger partial charge in [0.15, 0.2) is 5.82 Å². The highest BCUT2D eigenvalue weighted by Gasteiger charge is 2.50. The number of phenolic OH excluding ortho intramolecular Hbond substituents is 1. The molecule has 15 nitrogen and oxygen atoms in total. The highest BCUT2D eigenvalue weighted by atomic mass is 19.1. The molecule has 3 aromatic carbocycles. The molecule has 69 heavy (non-hydrogen) atoms. The Morgan fingerprint density at radius 1 is 0.899 bits per heavy atom. The molecular weight excluding hydrogens is 876 g/mol. The van der Waals surface area contributed by atoms with E-state index in [9.17, 15) is 19.5 Å². The number of imide groups is 1. The minimum absolute atomic E-state index is 0.0198. The molecule has 1 aliphatic carbocycles. The second-order valence-corrected chi connectivity index (χ2v) is 21.7. The van der Waals surface area contributed by atoms with Crippen LogP contribution in [0.15, 0.2) is 54.7 Å². The van der Waals surface area contributed by atoms with Gasteiger partial charge < -0.3 is 29.9 Å². The van der Waals surface area contributed by atoms with Crippen LogP contribution in [0.25, 0.3) is 32.9 Å². The quantitative estimate of drug-likeness (QED) is 0.145. The number of fused-ring (bicyclic) bond motifs is 5. The van der Waals surface area contributed by atoms with Crippen LogP contribution in [0.3, 0.4) is 0 Å². The number of benzene rings is 3. The van der Waals surface area contributed by atoms with Crippen LogP contribution in [-0.4, -0.2) is 142 Å². The molecule has 3 unspecified atom stereocenters. The first-order valence-electron chi connectivity index (χ1n) is 25.2. The molecule has 358 valence electrons. The van der Waals surface area contributed by atoms with Crippen LogP contribution in [-0.2, 0) is 22.6 Å². The van der Waals surface area contributed by atoms with Crippen molar-refractivity contribution in [3.05, 3.63) is 77.2 Å². The van der Waals surface area contributed by atoms with E-state index in [0.717, 1.165) is 119 Å². The van der Waals surface area contributed by atoms with E-state index < -0.39 is 11.9 Å². The van der Waals surface area contributed by atoms with E-state index in [2.05, 4.69) is 43.2 Å². The maximum atomic E-state index is 17.2. The number of halogens is 1. The number of carbonyl (C=O) groups is 3. The van der Waals surface area contributed by atoms with Crippen molar-refractivity contribution in [1.82, 2.24) is 40.3 Å². The molecule has 6 saturated heterocycles. The fraction of sp³-hybridized carbons (Fsp3) is 0.509. The number of rotatable bonds is 11. The van der Waals surface area contributed by atoms with Crippen molar-refractivity contribution in [2.75, 3.05) is 75.3 Å². The van der Waals surface area contributed by atoms with E-state index in [-0.39, 0.29) is 52.5 Å². The Labute approximate surface area is 400 Å². The topological polar surface area (TPSA) is 160 Å². The van der Waals surface area contributed by atoms with Gasteiger partial charge in [0.25, 0.3) is 5.91 Å². The molecule has 1 saturated carbocycles. The van der Waals surface area contributed by atoms with Gasteiger partial charge in [0.2, 0.25) is 11.8 Å². The maximum absolute atomic E-state index is 17.2. The standard InChI is InChI=1S/C53H59FN10O5/c1-2-31-4-3-5-32-19-38(65)20-40(44(31)32)46-45(54)47-41(21-55-46)48(62-23-34-6-7-35(24-62)56-34)59-51(58-47)69-30-53(12-13-53)27-60-25-37(26-60)61-16-14-52(15-17-61)28-63(29-52)36-8-9-39-33(18-36)22-64(50(39)68)42-10-11-43(66)57-49(42)67/h3-5,8-9,18-21,34-35,37,42,56,65H,2,6-7,10-17,22-30H2,1H3,(H,57,66,67). The smallest absolute Gasteiger partial charge is 0.319 e. The van der Waals surface area contributed by atoms with E-state index in [0.29, 0.717) is 65.4 Å². The minimum atomic E-state index is -0.602. The number of nitrogens with zero attached hydrogens (tertiary/aromatic N) is 8. The largest absolute Gasteiger partial charge is 0.508 e. The van der Waals surface area contributed by atoms with Gasteiger partial charge in [0, 0.05) is 111 Å². The number of hydrogen-bond donors (Lipinski definition) is 3. The highest BCUT2D eigenvalue weighted by molar-refractivity contribution is 6.06. The first-order chi connectivity index (χ1) is 33.5. The second kappa shape index (κ2) is 16.3. The van der Waals surface area contributed by atoms with Gasteiger partial charge in [-0.25, -0.2) is 4.39 Å². The number of phenols is 1. The lowest BCUT2D eigenvalue weighted by molar-refractivity contribution is -0.136. The van der Waals surface area contributed by atoms with Crippen LogP contribution in [0.4, 0.5) is 15.9 Å². The number of ether oxygens (including phenoxy) is 1. The van der Waals surface area contributed by atoms with Gasteiger partial charge in [-0.1, -0.05) is 25.1 Å². The van der Waals surface area contributed by atoms with Gasteiger partial charge in [-0.3, -0.25) is 34.5 Å². The van der Waals surface area contributed by atoms with Crippen LogP contribution >= 0.6 is 0 Å². The van der Waals surface area contributed by atoms with Crippen molar-refractivity contribution < 1.29 is 28.6 Å². The molecule has 0 radical (unpaired) electrons. The van der Waals surface area contributed by atoms with Crippen LogP contribution in [0.1, 0.15) is 79.8 Å². The van der Waals surface area contributed by atoms with Crippen molar-refractivity contribution in [2.24, 2.45) is 10.8 Å². The number of aromatic hydroxyl groups is 1. The van der Waals surface area contributed by atoms with Gasteiger partial charge in [-0.05, 0) is 117 Å². The number of pyridine rings is 1. The van der Waals surface area contributed by atoms with Crippen LogP contribution < -0.4 is 25.2 Å². The number of amides is 3. The predicted molar refractivity (Wildman–Crippen MR) is 259 cm³/mol. The Bertz CT molecular complexity index is 2930. The lowest BCUT2D eigenvalue weighted by Gasteiger charge is -2.57. The van der Waals surface area contributed by atoms with Gasteiger partial charge in [0.1, 0.15) is 28.8 Å². The summed E-state index contributed by atoms with van der Waals surface area (Å²) in [5.41, 5.74) is 5.02. The molecule has 7 aliphatic heterocycles. The van der Waals surface area contributed by atoms with Crippen molar-refractivity contribution in [3.63, 3.8) is 0 Å². The number of aromatic nitrogens is 3. The van der Waals surface area contributed by atoms with Crippen LogP contribution in [0.5, 0.6) is 11.8 Å². The number of anilines is 2. The minimum Gasteiger partial charge on any atom is -0.508 e. The van der Waals surface area contributed by atoms with Gasteiger partial charge >= 0.3 is 6.01 Å². The van der Waals surface area contributed by atoms with Crippen molar-refractivity contribution in [2.45, 2.75) is 95.4 Å². The number of hydrogen-bond acceptors (Lipinski definition) is 13. The lowest BCUT2D eigenvalue weighted by Crippen LogP contribution is -2.65. The SMILES string of the molecule is CCc1cccc2cc(O)cc(-c3ncc4c(N5CC6CCC(C5)N6)nc(OCC5(CN6CC(N7CCC8(CC7)CN(c7ccc9c(c7)CN(C7CCC(=O)NC7=O)C9=O)C8)C6)CC5)nc4c3F)c12. The zero-order chi connectivity index (χ0) is 46.8. The summed E-state index contributed by atoms with van der Waals surface area (Å²) < 4.78 is 23.7. The number of piperidine rings is 2. The third-order valence-electron chi connectivity index (χ3n) is 17.1. The normalized spacial score (nSPS) is 25.3. The summed E-state index contributed by atoms with van der Waals surface area (Å²) in [5.74, 6) is -0.606. The first-order valence-corrected chi connectivity index (χ1v) is 25.2. The number of carbonyl (C=O) groups excluding carboxylic acids is 3. The fourth-order valence-electron chi connectivity index (χ4n) is 13.0. The average molecular weight is 935 g/mol. The Kier molecular flexibility index (Phi) is 10.2. The molecular formula is C53H59FN10O5. The summed E-state index contributed by atoms with van der Waals surface area (Å²) >= 11 is 0. The van der Waals surface area contributed by atoms with E-state index >= 15 is 4.39 Å². The molecule has 16 heteroatoms. The summed E-state index contributed by atoms with van der Waals surface area (Å²) in [5, 5.41) is 19.1. The Morgan fingerprint density at radius 2 is 1.70 bits per heavy atom. The molecule has 13 rings (SSSR count). The van der Waals surface area contributed by atoms with Crippen molar-refractivity contribution in [1.29, 1.82) is 0 Å². The first kappa shape index (κ1) is 43.1. The number of nitrogens with one attached hydrogen (secondary N) is 2. The summed E-state index contributed by atoms with van der Waals surface area (Å²) in [6.07, 6.45) is 9.78. The van der Waals surface area contributed by atoms with E-state index in [1.807, 2.05) is 30.3 Å². The van der Waals surface area contributed by atoms with E-state index in [4.69, 9.17) is 19.7 Å². The Hall–Kier alpha value is -5.97. The molecule has 3 amide bonds.